The van der Waals surface area contributed by atoms with Gasteiger partial charge < -0.3 is 0 Å². The van der Waals surface area contributed by atoms with Crippen molar-refractivity contribution in [2.75, 3.05) is 4.72 Å². The summed E-state index contributed by atoms with van der Waals surface area (Å²) < 4.78 is 28.3. The zero-order chi connectivity index (χ0) is 16.6. The number of aromatic nitrogens is 1. The number of hydrogen-bond acceptors (Lipinski definition) is 6. The number of fused-ring (bicyclic) bond motifs is 1. The van der Waals surface area contributed by atoms with Crippen molar-refractivity contribution in [2.24, 2.45) is 0 Å². The highest BCUT2D eigenvalue weighted by molar-refractivity contribution is 9.10. The van der Waals surface area contributed by atoms with Gasteiger partial charge in [-0.3, -0.25) is 14.8 Å². The zero-order valence-corrected chi connectivity index (χ0v) is 14.5. The van der Waals surface area contributed by atoms with Crippen LogP contribution >= 0.6 is 27.3 Å². The third-order valence-electron chi connectivity index (χ3n) is 2.93. The highest BCUT2D eigenvalue weighted by Gasteiger charge is 2.17. The van der Waals surface area contributed by atoms with E-state index in [1.807, 2.05) is 0 Å². The van der Waals surface area contributed by atoms with Gasteiger partial charge in [-0.2, -0.15) is 0 Å². The van der Waals surface area contributed by atoms with Crippen molar-refractivity contribution in [2.45, 2.75) is 4.90 Å². The van der Waals surface area contributed by atoms with Crippen molar-refractivity contribution in [1.82, 2.24) is 4.98 Å². The summed E-state index contributed by atoms with van der Waals surface area (Å²) in [6.45, 7) is 0. The average Bonchev–Trinajstić information content (AvgIpc) is 2.87. The highest BCUT2D eigenvalue weighted by atomic mass is 79.9. The van der Waals surface area contributed by atoms with Crippen molar-refractivity contribution >= 4 is 58.3 Å². The van der Waals surface area contributed by atoms with Crippen LogP contribution in [0.2, 0.25) is 0 Å². The van der Waals surface area contributed by atoms with Crippen molar-refractivity contribution in [1.29, 1.82) is 0 Å². The van der Waals surface area contributed by atoms with Crippen LogP contribution in [0.15, 0.2) is 51.8 Å². The molecule has 0 spiro atoms. The molecule has 0 unspecified atom stereocenters. The van der Waals surface area contributed by atoms with Gasteiger partial charge in [0.25, 0.3) is 15.7 Å². The summed E-state index contributed by atoms with van der Waals surface area (Å²) in [5.74, 6) is 0. The normalized spacial score (nSPS) is 11.5. The van der Waals surface area contributed by atoms with Crippen LogP contribution in [0.3, 0.4) is 0 Å². The Labute approximate surface area is 143 Å². The van der Waals surface area contributed by atoms with E-state index in [0.717, 1.165) is 15.8 Å². The van der Waals surface area contributed by atoms with Gasteiger partial charge in [-0.25, -0.2) is 13.4 Å². The van der Waals surface area contributed by atoms with E-state index < -0.39 is 14.9 Å². The number of nitro benzene ring substituents is 1. The van der Waals surface area contributed by atoms with Gasteiger partial charge in [-0.05, 0) is 30.3 Å². The summed E-state index contributed by atoms with van der Waals surface area (Å²) in [7, 11) is -3.76. The molecule has 0 fully saturated rings. The molecule has 0 radical (unpaired) electrons. The third kappa shape index (κ3) is 3.33. The molecule has 7 nitrogen and oxygen atoms in total. The summed E-state index contributed by atoms with van der Waals surface area (Å²) in [5, 5.41) is 10.9. The van der Waals surface area contributed by atoms with E-state index in [2.05, 4.69) is 25.6 Å². The molecule has 10 heteroatoms. The van der Waals surface area contributed by atoms with Crippen LogP contribution < -0.4 is 4.72 Å². The number of anilines is 1. The number of hydrogen-bond donors (Lipinski definition) is 1. The molecular weight excluding hydrogens is 406 g/mol. The predicted octanol–water partition coefficient (Wildman–Crippen LogP) is 3.77. The fraction of sp³-hybridized carbons (Fsp3) is 0. The van der Waals surface area contributed by atoms with E-state index in [4.69, 9.17) is 0 Å². The van der Waals surface area contributed by atoms with Crippen LogP contribution in [0.5, 0.6) is 0 Å². The molecule has 0 aliphatic carbocycles. The first-order chi connectivity index (χ1) is 10.8. The van der Waals surface area contributed by atoms with Crippen LogP contribution in [-0.4, -0.2) is 18.3 Å². The van der Waals surface area contributed by atoms with Crippen molar-refractivity contribution in [3.8, 4) is 0 Å². The first-order valence-corrected chi connectivity index (χ1v) is 9.28. The highest BCUT2D eigenvalue weighted by Crippen LogP contribution is 2.30. The number of nitrogens with one attached hydrogen (secondary N) is 1. The fourth-order valence-corrected chi connectivity index (χ4v) is 4.26. The van der Waals surface area contributed by atoms with Crippen molar-refractivity contribution in [3.63, 3.8) is 0 Å². The Kier molecular flexibility index (Phi) is 4.04. The molecule has 1 heterocycles. The van der Waals surface area contributed by atoms with E-state index in [1.165, 1.54) is 30.3 Å². The lowest BCUT2D eigenvalue weighted by molar-refractivity contribution is -0.384. The number of nitro groups is 1. The Morgan fingerprint density at radius 3 is 2.52 bits per heavy atom. The minimum atomic E-state index is -3.76. The van der Waals surface area contributed by atoms with Crippen LogP contribution in [0.4, 0.5) is 10.8 Å². The van der Waals surface area contributed by atoms with Crippen LogP contribution in [0.1, 0.15) is 0 Å². The third-order valence-corrected chi connectivity index (χ3v) is 5.87. The number of benzene rings is 2. The Hall–Kier alpha value is -2.04. The maximum absolute atomic E-state index is 12.3. The van der Waals surface area contributed by atoms with E-state index in [1.54, 1.807) is 12.1 Å². The quantitative estimate of drug-likeness (QED) is 0.517. The molecule has 0 saturated carbocycles. The molecule has 2 aromatic carbocycles. The van der Waals surface area contributed by atoms with Crippen LogP contribution in [0.25, 0.3) is 10.2 Å². The maximum atomic E-state index is 12.3. The lowest BCUT2D eigenvalue weighted by Crippen LogP contribution is -2.12. The molecular formula is C13H8BrN3O4S2. The second kappa shape index (κ2) is 5.87. The number of nitrogens with zero attached hydrogens (tertiary/aromatic N) is 2. The first-order valence-electron chi connectivity index (χ1n) is 6.18. The standard InChI is InChI=1S/C13H8BrN3O4S2/c14-8-1-4-10(5-2-8)23(20,21)16-13-15-11-6-3-9(17(18)19)7-12(11)22-13/h1-7H,(H,15,16). The average molecular weight is 414 g/mol. The molecule has 118 valence electrons. The summed E-state index contributed by atoms with van der Waals surface area (Å²) in [5.41, 5.74) is 0.428. The van der Waals surface area contributed by atoms with Crippen LogP contribution in [0, 0.1) is 10.1 Å². The smallest absolute Gasteiger partial charge is 0.258 e. The number of sulfonamides is 1. The molecule has 3 rings (SSSR count). The Bertz CT molecular complexity index is 1000. The Balaban J connectivity index is 1.94. The number of halogens is 1. The fourth-order valence-electron chi connectivity index (χ4n) is 1.86. The Morgan fingerprint density at radius 2 is 1.87 bits per heavy atom. The summed E-state index contributed by atoms with van der Waals surface area (Å²) in [4.78, 5) is 14.5. The van der Waals surface area contributed by atoms with Crippen molar-refractivity contribution < 1.29 is 13.3 Å². The van der Waals surface area contributed by atoms with Crippen LogP contribution in [-0.2, 0) is 10.0 Å². The second-order valence-electron chi connectivity index (χ2n) is 4.49. The SMILES string of the molecule is O=[N+]([O-])c1ccc2nc(NS(=O)(=O)c3ccc(Br)cc3)sc2c1. The van der Waals surface area contributed by atoms with E-state index >= 15 is 0 Å². The minimum Gasteiger partial charge on any atom is -0.258 e. The predicted molar refractivity (Wildman–Crippen MR) is 91.2 cm³/mol. The number of non-ortho nitro benzene ring substituents is 1. The molecule has 0 bridgehead atoms. The molecule has 0 saturated heterocycles. The number of rotatable bonds is 4. The van der Waals surface area contributed by atoms with Gasteiger partial charge in [0.1, 0.15) is 0 Å². The maximum Gasteiger partial charge on any atom is 0.270 e. The van der Waals surface area contributed by atoms with E-state index in [0.29, 0.717) is 10.2 Å². The van der Waals surface area contributed by atoms with Gasteiger partial charge >= 0.3 is 0 Å². The molecule has 0 aliphatic rings. The molecule has 3 aromatic rings. The zero-order valence-electron chi connectivity index (χ0n) is 11.3. The number of thiazole rings is 1. The molecule has 0 aliphatic heterocycles. The minimum absolute atomic E-state index is 0.0662. The monoisotopic (exact) mass is 413 g/mol. The molecule has 23 heavy (non-hydrogen) atoms. The van der Waals surface area contributed by atoms with Gasteiger partial charge in [0.05, 0.1) is 20.0 Å². The Morgan fingerprint density at radius 1 is 1.17 bits per heavy atom. The summed E-state index contributed by atoms with van der Waals surface area (Å²) >= 11 is 4.28. The van der Waals surface area contributed by atoms with Gasteiger partial charge in [-0.15, -0.1) is 0 Å². The van der Waals surface area contributed by atoms with E-state index in [9.17, 15) is 18.5 Å². The van der Waals surface area contributed by atoms with Gasteiger partial charge in [0.15, 0.2) is 5.13 Å². The largest absolute Gasteiger partial charge is 0.270 e. The lowest BCUT2D eigenvalue weighted by atomic mass is 10.3. The van der Waals surface area contributed by atoms with Gasteiger partial charge in [-0.1, -0.05) is 27.3 Å². The van der Waals surface area contributed by atoms with Gasteiger partial charge in [0.2, 0.25) is 0 Å². The second-order valence-corrected chi connectivity index (χ2v) is 8.12. The topological polar surface area (TPSA) is 102 Å². The first kappa shape index (κ1) is 15.8. The van der Waals surface area contributed by atoms with E-state index in [-0.39, 0.29) is 15.7 Å². The molecule has 1 N–H and O–H groups in total. The summed E-state index contributed by atoms with van der Waals surface area (Å²) in [6.07, 6.45) is 0. The van der Waals surface area contributed by atoms with Crippen molar-refractivity contribution in [3.05, 3.63) is 57.1 Å². The molecule has 1 aromatic heterocycles. The van der Waals surface area contributed by atoms with Gasteiger partial charge in [0, 0.05) is 16.6 Å². The molecule has 0 amide bonds. The molecule has 0 atom stereocenters. The lowest BCUT2D eigenvalue weighted by Gasteiger charge is -2.04. The summed E-state index contributed by atoms with van der Waals surface area (Å²) in [6, 6.07) is 10.3.